The van der Waals surface area contributed by atoms with Crippen LogP contribution in [0.3, 0.4) is 0 Å². The zero-order valence-electron chi connectivity index (χ0n) is 16.6. The van der Waals surface area contributed by atoms with Crippen LogP contribution in [0.2, 0.25) is 0 Å². The molecule has 0 saturated carbocycles. The maximum absolute atomic E-state index is 4.41. The molecule has 2 heterocycles. The number of guanidine groups is 1. The van der Waals surface area contributed by atoms with E-state index in [4.69, 9.17) is 0 Å². The summed E-state index contributed by atoms with van der Waals surface area (Å²) in [5.74, 6) is 1.68. The lowest BCUT2D eigenvalue weighted by atomic mass is 9.97. The highest BCUT2D eigenvalue weighted by Gasteiger charge is 2.07. The van der Waals surface area contributed by atoms with Crippen molar-refractivity contribution >= 4 is 45.8 Å². The predicted octanol–water partition coefficient (Wildman–Crippen LogP) is 2.99. The lowest BCUT2D eigenvalue weighted by Crippen LogP contribution is -2.30. The van der Waals surface area contributed by atoms with Gasteiger partial charge in [-0.1, -0.05) is 36.4 Å². The van der Waals surface area contributed by atoms with Crippen molar-refractivity contribution in [2.75, 3.05) is 19.6 Å². The summed E-state index contributed by atoms with van der Waals surface area (Å²) in [6, 6.07) is 17.0. The number of fused-ring (bicyclic) bond motifs is 2. The first-order valence-corrected chi connectivity index (χ1v) is 10.2. The Hall–Kier alpha value is -3.74. The molecule has 2 aliphatic heterocycles. The molecule has 0 fully saturated rings. The van der Waals surface area contributed by atoms with Crippen molar-refractivity contribution < 1.29 is 0 Å². The van der Waals surface area contributed by atoms with Crippen LogP contribution in [0.1, 0.15) is 24.0 Å². The minimum Gasteiger partial charge on any atom is -0.353 e. The quantitative estimate of drug-likeness (QED) is 0.359. The van der Waals surface area contributed by atoms with Crippen LogP contribution >= 0.6 is 0 Å². The van der Waals surface area contributed by atoms with Crippen molar-refractivity contribution in [3.8, 4) is 0 Å². The number of hydrazone groups is 2. The Morgan fingerprint density at radius 2 is 1.57 bits per heavy atom. The highest BCUT2D eigenvalue weighted by atomic mass is 15.4. The SMILES string of the molecule is C(=N\NC1=NCCC1)/c1cccc2cc3cccc(/C=N/NC4=NCCN4)c3cc12. The van der Waals surface area contributed by atoms with Crippen molar-refractivity contribution in [3.05, 3.63) is 59.7 Å². The van der Waals surface area contributed by atoms with Crippen molar-refractivity contribution in [1.82, 2.24) is 16.2 Å². The highest BCUT2D eigenvalue weighted by molar-refractivity contribution is 6.10. The van der Waals surface area contributed by atoms with Crippen LogP contribution in [-0.2, 0) is 0 Å². The van der Waals surface area contributed by atoms with Gasteiger partial charge in [0.05, 0.1) is 19.0 Å². The fourth-order valence-electron chi connectivity index (χ4n) is 3.77. The smallest absolute Gasteiger partial charge is 0.212 e. The van der Waals surface area contributed by atoms with E-state index < -0.39 is 0 Å². The average molecular weight is 397 g/mol. The van der Waals surface area contributed by atoms with Gasteiger partial charge in [0.2, 0.25) is 5.96 Å². The summed E-state index contributed by atoms with van der Waals surface area (Å²) >= 11 is 0. The standard InChI is InChI=1S/C23H23N7/c1-4-16-12-17-5-2-7-19(15-28-30-23-25-10-11-26-23)21(17)13-20(16)18(6-1)14-27-29-22-8-3-9-24-22/h1-2,4-7,12-15H,3,8-11H2,(H,24,29)(H2,25,26,30)/b27-14+,28-15+. The molecule has 0 unspecified atom stereocenters. The van der Waals surface area contributed by atoms with E-state index in [0.717, 1.165) is 66.2 Å². The first kappa shape index (κ1) is 18.3. The summed E-state index contributed by atoms with van der Waals surface area (Å²) in [5.41, 5.74) is 8.15. The average Bonchev–Trinajstić information content (AvgIpc) is 3.47. The van der Waals surface area contributed by atoms with Crippen molar-refractivity contribution in [2.24, 2.45) is 20.2 Å². The molecule has 0 atom stereocenters. The molecule has 3 N–H and O–H groups in total. The van der Waals surface area contributed by atoms with Gasteiger partial charge >= 0.3 is 0 Å². The number of amidine groups is 1. The van der Waals surface area contributed by atoms with Gasteiger partial charge < -0.3 is 5.32 Å². The molecule has 0 aliphatic carbocycles. The molecule has 5 rings (SSSR count). The predicted molar refractivity (Wildman–Crippen MR) is 125 cm³/mol. The van der Waals surface area contributed by atoms with Gasteiger partial charge in [0, 0.05) is 30.6 Å². The van der Waals surface area contributed by atoms with E-state index in [1.807, 2.05) is 12.4 Å². The molecule has 7 nitrogen and oxygen atoms in total. The van der Waals surface area contributed by atoms with E-state index in [2.05, 4.69) is 84.9 Å². The number of nitrogens with one attached hydrogen (secondary N) is 3. The molecule has 0 bridgehead atoms. The molecule has 0 aromatic heterocycles. The third-order valence-electron chi connectivity index (χ3n) is 5.27. The lowest BCUT2D eigenvalue weighted by Gasteiger charge is -2.08. The second kappa shape index (κ2) is 8.32. The monoisotopic (exact) mass is 397 g/mol. The van der Waals surface area contributed by atoms with Gasteiger partial charge in [0.15, 0.2) is 0 Å². The molecule has 3 aromatic carbocycles. The Morgan fingerprint density at radius 1 is 0.833 bits per heavy atom. The molecule has 7 heteroatoms. The summed E-state index contributed by atoms with van der Waals surface area (Å²) in [7, 11) is 0. The van der Waals surface area contributed by atoms with Crippen LogP contribution in [-0.4, -0.2) is 43.9 Å². The normalized spacial score (nSPS) is 16.4. The topological polar surface area (TPSA) is 85.5 Å². The number of benzene rings is 3. The van der Waals surface area contributed by atoms with E-state index in [1.165, 1.54) is 10.8 Å². The number of aliphatic imine (C=N–C) groups is 2. The summed E-state index contributed by atoms with van der Waals surface area (Å²) in [5, 5.41) is 16.6. The third-order valence-corrected chi connectivity index (χ3v) is 5.27. The van der Waals surface area contributed by atoms with Crippen molar-refractivity contribution in [1.29, 1.82) is 0 Å². The Bertz CT molecular complexity index is 1120. The first-order valence-electron chi connectivity index (χ1n) is 10.2. The molecule has 150 valence electrons. The molecule has 0 amide bonds. The molecule has 0 spiro atoms. The molecule has 3 aromatic rings. The second-order valence-corrected chi connectivity index (χ2v) is 7.32. The second-order valence-electron chi connectivity index (χ2n) is 7.32. The Labute approximate surface area is 174 Å². The molecular formula is C23H23N7. The van der Waals surface area contributed by atoms with Gasteiger partial charge in [0.25, 0.3) is 0 Å². The Kier molecular flexibility index (Phi) is 5.08. The van der Waals surface area contributed by atoms with Gasteiger partial charge in [-0.15, -0.1) is 0 Å². The number of hydrogen-bond donors (Lipinski definition) is 3. The van der Waals surface area contributed by atoms with E-state index in [0.29, 0.717) is 0 Å². The van der Waals surface area contributed by atoms with Crippen LogP contribution in [0.4, 0.5) is 0 Å². The summed E-state index contributed by atoms with van der Waals surface area (Å²) < 4.78 is 0. The molecular weight excluding hydrogens is 374 g/mol. The fourth-order valence-corrected chi connectivity index (χ4v) is 3.77. The lowest BCUT2D eigenvalue weighted by molar-refractivity contribution is 0.920. The minimum absolute atomic E-state index is 0.717. The number of rotatable bonds is 4. The first-order chi connectivity index (χ1) is 14.9. The van der Waals surface area contributed by atoms with Crippen LogP contribution in [0.15, 0.2) is 68.7 Å². The Morgan fingerprint density at radius 3 is 2.20 bits per heavy atom. The zero-order valence-corrected chi connectivity index (χ0v) is 16.6. The fraction of sp³-hybridized carbons (Fsp3) is 0.217. The van der Waals surface area contributed by atoms with Gasteiger partial charge in [-0.2, -0.15) is 10.2 Å². The van der Waals surface area contributed by atoms with Crippen LogP contribution < -0.4 is 16.2 Å². The Balaban J connectivity index is 1.48. The summed E-state index contributed by atoms with van der Waals surface area (Å²) in [4.78, 5) is 8.69. The van der Waals surface area contributed by atoms with Gasteiger partial charge in [-0.25, -0.2) is 10.4 Å². The van der Waals surface area contributed by atoms with Crippen molar-refractivity contribution in [3.63, 3.8) is 0 Å². The summed E-state index contributed by atoms with van der Waals surface area (Å²) in [6.07, 6.45) is 5.78. The van der Waals surface area contributed by atoms with E-state index in [1.54, 1.807) is 0 Å². The van der Waals surface area contributed by atoms with Gasteiger partial charge in [-0.3, -0.25) is 10.4 Å². The van der Waals surface area contributed by atoms with E-state index in [9.17, 15) is 0 Å². The van der Waals surface area contributed by atoms with Crippen LogP contribution in [0, 0.1) is 0 Å². The third kappa shape index (κ3) is 3.87. The molecule has 0 saturated heterocycles. The zero-order chi connectivity index (χ0) is 20.2. The van der Waals surface area contributed by atoms with E-state index >= 15 is 0 Å². The number of nitrogens with zero attached hydrogens (tertiary/aromatic N) is 4. The molecule has 30 heavy (non-hydrogen) atoms. The number of hydrogen-bond acceptors (Lipinski definition) is 7. The summed E-state index contributed by atoms with van der Waals surface area (Å²) in [6.45, 7) is 2.52. The molecule has 0 radical (unpaired) electrons. The van der Waals surface area contributed by atoms with Crippen molar-refractivity contribution in [2.45, 2.75) is 12.8 Å². The van der Waals surface area contributed by atoms with Crippen LogP contribution in [0.5, 0.6) is 0 Å². The molecule has 2 aliphatic rings. The van der Waals surface area contributed by atoms with Gasteiger partial charge in [0.1, 0.15) is 5.84 Å². The largest absolute Gasteiger partial charge is 0.353 e. The van der Waals surface area contributed by atoms with Crippen LogP contribution in [0.25, 0.3) is 21.5 Å². The minimum atomic E-state index is 0.717. The maximum Gasteiger partial charge on any atom is 0.212 e. The highest BCUT2D eigenvalue weighted by Crippen LogP contribution is 2.26. The van der Waals surface area contributed by atoms with Gasteiger partial charge in [-0.05, 0) is 40.1 Å². The van der Waals surface area contributed by atoms with E-state index in [-0.39, 0.29) is 0 Å². The maximum atomic E-state index is 4.41.